The minimum absolute atomic E-state index is 0.0222. The molecule has 0 fully saturated rings. The highest BCUT2D eigenvalue weighted by Gasteiger charge is 2.34. The molecule has 0 radical (unpaired) electrons. The number of carbonyl (C=O) groups excluding carboxylic acids is 2. The number of benzene rings is 1. The van der Waals surface area contributed by atoms with Gasteiger partial charge in [0.1, 0.15) is 5.82 Å². The van der Waals surface area contributed by atoms with Crippen molar-refractivity contribution < 1.29 is 27.2 Å². The van der Waals surface area contributed by atoms with Gasteiger partial charge in [0, 0.05) is 18.7 Å². The SMILES string of the molecule is NC(=O)NCCNC(=O)c1ccc(F)c(C(F)(F)F)c1. The fraction of sp³-hybridized carbons (Fsp3) is 0.273. The largest absolute Gasteiger partial charge is 0.419 e. The molecule has 20 heavy (non-hydrogen) atoms. The molecule has 0 aliphatic carbocycles. The number of hydrogen-bond donors (Lipinski definition) is 3. The Morgan fingerprint density at radius 3 is 2.30 bits per heavy atom. The zero-order valence-electron chi connectivity index (χ0n) is 10.1. The van der Waals surface area contributed by atoms with E-state index in [1.165, 1.54) is 0 Å². The summed E-state index contributed by atoms with van der Waals surface area (Å²) < 4.78 is 50.4. The summed E-state index contributed by atoms with van der Waals surface area (Å²) in [6, 6.07) is 1.13. The minimum atomic E-state index is -4.88. The van der Waals surface area contributed by atoms with E-state index in [2.05, 4.69) is 10.6 Å². The Hall–Kier alpha value is -2.32. The first-order valence-electron chi connectivity index (χ1n) is 5.40. The predicted molar refractivity (Wildman–Crippen MR) is 61.3 cm³/mol. The molecule has 110 valence electrons. The fourth-order valence-electron chi connectivity index (χ4n) is 1.35. The van der Waals surface area contributed by atoms with Crippen LogP contribution in [0.3, 0.4) is 0 Å². The number of hydrogen-bond acceptors (Lipinski definition) is 2. The maximum Gasteiger partial charge on any atom is 0.419 e. The number of alkyl halides is 3. The first kappa shape index (κ1) is 15.7. The van der Waals surface area contributed by atoms with E-state index in [1.807, 2.05) is 0 Å². The lowest BCUT2D eigenvalue weighted by Gasteiger charge is -2.10. The van der Waals surface area contributed by atoms with Crippen molar-refractivity contribution in [1.82, 2.24) is 10.6 Å². The van der Waals surface area contributed by atoms with Crippen LogP contribution in [-0.4, -0.2) is 25.0 Å². The van der Waals surface area contributed by atoms with Gasteiger partial charge in [0.15, 0.2) is 0 Å². The highest BCUT2D eigenvalue weighted by molar-refractivity contribution is 5.94. The zero-order chi connectivity index (χ0) is 15.3. The quantitative estimate of drug-likeness (QED) is 0.576. The third-order valence-corrected chi connectivity index (χ3v) is 2.24. The molecule has 0 unspecified atom stereocenters. The number of amides is 3. The lowest BCUT2D eigenvalue weighted by atomic mass is 10.1. The van der Waals surface area contributed by atoms with Gasteiger partial charge in [-0.25, -0.2) is 9.18 Å². The van der Waals surface area contributed by atoms with E-state index in [0.717, 1.165) is 6.07 Å². The second kappa shape index (κ2) is 6.22. The summed E-state index contributed by atoms with van der Waals surface area (Å²) in [5, 5.41) is 4.43. The Kier molecular flexibility index (Phi) is 4.89. The van der Waals surface area contributed by atoms with E-state index in [9.17, 15) is 27.2 Å². The third kappa shape index (κ3) is 4.41. The highest BCUT2D eigenvalue weighted by Crippen LogP contribution is 2.31. The van der Waals surface area contributed by atoms with Crippen LogP contribution in [0.1, 0.15) is 15.9 Å². The number of carbonyl (C=O) groups is 2. The molecule has 0 saturated heterocycles. The average molecular weight is 293 g/mol. The van der Waals surface area contributed by atoms with Gasteiger partial charge in [0.05, 0.1) is 5.56 Å². The second-order valence-corrected chi connectivity index (χ2v) is 3.74. The van der Waals surface area contributed by atoms with Crippen molar-refractivity contribution in [2.75, 3.05) is 13.1 Å². The number of nitrogens with two attached hydrogens (primary N) is 1. The molecule has 0 bridgehead atoms. The first-order valence-corrected chi connectivity index (χ1v) is 5.40. The smallest absolute Gasteiger partial charge is 0.352 e. The molecule has 0 atom stereocenters. The number of halogens is 4. The van der Waals surface area contributed by atoms with Crippen LogP contribution >= 0.6 is 0 Å². The summed E-state index contributed by atoms with van der Waals surface area (Å²) in [5.41, 5.74) is 2.93. The van der Waals surface area contributed by atoms with Gasteiger partial charge in [0.2, 0.25) is 0 Å². The third-order valence-electron chi connectivity index (χ3n) is 2.24. The fourth-order valence-corrected chi connectivity index (χ4v) is 1.35. The van der Waals surface area contributed by atoms with Crippen molar-refractivity contribution in [3.8, 4) is 0 Å². The van der Waals surface area contributed by atoms with Gasteiger partial charge < -0.3 is 16.4 Å². The second-order valence-electron chi connectivity index (χ2n) is 3.74. The summed E-state index contributed by atoms with van der Waals surface area (Å²) in [7, 11) is 0. The van der Waals surface area contributed by atoms with Crippen LogP contribution in [0.5, 0.6) is 0 Å². The molecule has 1 rings (SSSR count). The molecule has 1 aromatic carbocycles. The Morgan fingerprint density at radius 2 is 1.75 bits per heavy atom. The van der Waals surface area contributed by atoms with Crippen molar-refractivity contribution in [3.63, 3.8) is 0 Å². The van der Waals surface area contributed by atoms with Crippen LogP contribution in [0.15, 0.2) is 18.2 Å². The number of rotatable bonds is 4. The molecule has 0 heterocycles. The topological polar surface area (TPSA) is 84.2 Å². The molecule has 1 aromatic rings. The van der Waals surface area contributed by atoms with Crippen LogP contribution in [-0.2, 0) is 6.18 Å². The van der Waals surface area contributed by atoms with E-state index >= 15 is 0 Å². The molecule has 0 saturated carbocycles. The Balaban J connectivity index is 2.72. The summed E-state index contributed by atoms with van der Waals surface area (Å²) in [5.74, 6) is -2.27. The Labute approximate surface area is 111 Å². The van der Waals surface area contributed by atoms with Crippen LogP contribution < -0.4 is 16.4 Å². The Morgan fingerprint density at radius 1 is 1.15 bits per heavy atom. The monoisotopic (exact) mass is 293 g/mol. The van der Waals surface area contributed by atoms with E-state index < -0.39 is 29.5 Å². The van der Waals surface area contributed by atoms with Crippen LogP contribution in [0, 0.1) is 5.82 Å². The van der Waals surface area contributed by atoms with Gasteiger partial charge in [-0.15, -0.1) is 0 Å². The van der Waals surface area contributed by atoms with E-state index in [-0.39, 0.29) is 18.7 Å². The normalized spacial score (nSPS) is 11.0. The zero-order valence-corrected chi connectivity index (χ0v) is 10.1. The maximum absolute atomic E-state index is 13.0. The van der Waals surface area contributed by atoms with Crippen LogP contribution in [0.2, 0.25) is 0 Å². The van der Waals surface area contributed by atoms with Crippen LogP contribution in [0.25, 0.3) is 0 Å². The van der Waals surface area contributed by atoms with Gasteiger partial charge in [-0.2, -0.15) is 13.2 Å². The molecule has 3 amide bonds. The van der Waals surface area contributed by atoms with E-state index in [0.29, 0.717) is 12.1 Å². The Bertz CT molecular complexity index is 517. The van der Waals surface area contributed by atoms with E-state index in [4.69, 9.17) is 5.73 Å². The molecule has 0 aliphatic heterocycles. The molecule has 4 N–H and O–H groups in total. The molecular formula is C11H11F4N3O2. The summed E-state index contributed by atoms with van der Waals surface area (Å²) in [6.45, 7) is -0.00506. The number of primary amides is 1. The lowest BCUT2D eigenvalue weighted by molar-refractivity contribution is -0.140. The van der Waals surface area contributed by atoms with Gasteiger partial charge in [0.25, 0.3) is 5.91 Å². The van der Waals surface area contributed by atoms with Crippen molar-refractivity contribution in [1.29, 1.82) is 0 Å². The number of urea groups is 1. The van der Waals surface area contributed by atoms with Crippen molar-refractivity contribution in [2.45, 2.75) is 6.18 Å². The van der Waals surface area contributed by atoms with Gasteiger partial charge in [-0.1, -0.05) is 0 Å². The molecule has 0 spiro atoms. The van der Waals surface area contributed by atoms with E-state index in [1.54, 1.807) is 0 Å². The predicted octanol–water partition coefficient (Wildman–Crippen LogP) is 1.24. The lowest BCUT2D eigenvalue weighted by Crippen LogP contribution is -2.37. The summed E-state index contributed by atoms with van der Waals surface area (Å²) >= 11 is 0. The molecule has 0 aliphatic rings. The standard InChI is InChI=1S/C11H11F4N3O2/c12-8-2-1-6(5-7(8)11(13,14)15)9(19)17-3-4-18-10(16)20/h1-2,5H,3-4H2,(H,17,19)(H3,16,18,20). The molecule has 9 heteroatoms. The first-order chi connectivity index (χ1) is 9.21. The molecule has 5 nitrogen and oxygen atoms in total. The number of nitrogens with one attached hydrogen (secondary N) is 2. The minimum Gasteiger partial charge on any atom is -0.352 e. The highest BCUT2D eigenvalue weighted by atomic mass is 19.4. The van der Waals surface area contributed by atoms with Crippen molar-refractivity contribution in [3.05, 3.63) is 35.1 Å². The van der Waals surface area contributed by atoms with Gasteiger partial charge in [-0.05, 0) is 18.2 Å². The molecular weight excluding hydrogens is 282 g/mol. The van der Waals surface area contributed by atoms with Gasteiger partial charge >= 0.3 is 12.2 Å². The van der Waals surface area contributed by atoms with Crippen molar-refractivity contribution >= 4 is 11.9 Å². The van der Waals surface area contributed by atoms with Crippen molar-refractivity contribution in [2.24, 2.45) is 5.73 Å². The maximum atomic E-state index is 13.0. The average Bonchev–Trinajstić information content (AvgIpc) is 2.33. The summed E-state index contributed by atoms with van der Waals surface area (Å²) in [6.07, 6.45) is -4.88. The van der Waals surface area contributed by atoms with Gasteiger partial charge in [-0.3, -0.25) is 4.79 Å². The molecule has 0 aromatic heterocycles. The van der Waals surface area contributed by atoms with Crippen LogP contribution in [0.4, 0.5) is 22.4 Å². The summed E-state index contributed by atoms with van der Waals surface area (Å²) in [4.78, 5) is 21.9.